The van der Waals surface area contributed by atoms with Crippen LogP contribution in [-0.4, -0.2) is 15.6 Å². The van der Waals surface area contributed by atoms with E-state index in [0.29, 0.717) is 15.8 Å². The lowest BCUT2D eigenvalue weighted by atomic mass is 10.1. The van der Waals surface area contributed by atoms with Gasteiger partial charge >= 0.3 is 0 Å². The van der Waals surface area contributed by atoms with Crippen LogP contribution < -0.4 is 5.32 Å². The highest BCUT2D eigenvalue weighted by atomic mass is 32.2. The second-order valence-corrected chi connectivity index (χ2v) is 7.82. The van der Waals surface area contributed by atoms with Crippen LogP contribution in [0.15, 0.2) is 95.0 Å². The summed E-state index contributed by atoms with van der Waals surface area (Å²) in [6.45, 7) is 0. The number of amidine groups is 1. The van der Waals surface area contributed by atoms with Crippen molar-refractivity contribution in [3.8, 4) is 5.69 Å². The highest BCUT2D eigenvalue weighted by molar-refractivity contribution is 8.18. The normalized spacial score (nSPS) is 16.5. The van der Waals surface area contributed by atoms with Crippen LogP contribution in [0.4, 0.5) is 10.1 Å². The van der Waals surface area contributed by atoms with Gasteiger partial charge in [-0.25, -0.2) is 9.38 Å². The van der Waals surface area contributed by atoms with Crippen LogP contribution in [0.5, 0.6) is 0 Å². The van der Waals surface area contributed by atoms with Crippen LogP contribution in [0, 0.1) is 5.82 Å². The van der Waals surface area contributed by atoms with Crippen molar-refractivity contribution in [2.75, 3.05) is 0 Å². The summed E-state index contributed by atoms with van der Waals surface area (Å²) < 4.78 is 15.1. The standard InChI is InChI=1S/C24H16FN3OS/c25-18-8-10-19(11-9-18)26-24-27-23(29)22(30-24)15-20-6-3-13-28(20)21-12-7-16-4-1-2-5-17(16)14-21/h1-15H,(H,26,27,29)/b22-15-. The van der Waals surface area contributed by atoms with Crippen molar-refractivity contribution in [2.24, 2.45) is 4.99 Å². The molecule has 1 saturated heterocycles. The maximum Gasteiger partial charge on any atom is 0.264 e. The monoisotopic (exact) mass is 413 g/mol. The van der Waals surface area contributed by atoms with Gasteiger partial charge in [-0.05, 0) is 77.1 Å². The Morgan fingerprint density at radius 2 is 1.73 bits per heavy atom. The van der Waals surface area contributed by atoms with E-state index in [4.69, 9.17) is 0 Å². The lowest BCUT2D eigenvalue weighted by Crippen LogP contribution is -2.19. The molecule has 30 heavy (non-hydrogen) atoms. The van der Waals surface area contributed by atoms with Crippen molar-refractivity contribution in [1.29, 1.82) is 0 Å². The molecule has 1 fully saturated rings. The molecule has 0 radical (unpaired) electrons. The van der Waals surface area contributed by atoms with Crippen molar-refractivity contribution < 1.29 is 9.18 Å². The number of hydrogen-bond donors (Lipinski definition) is 1. The van der Waals surface area contributed by atoms with E-state index in [1.165, 1.54) is 29.3 Å². The number of carbonyl (C=O) groups excluding carboxylic acids is 1. The summed E-state index contributed by atoms with van der Waals surface area (Å²) in [4.78, 5) is 17.4. The van der Waals surface area contributed by atoms with Gasteiger partial charge in [0.15, 0.2) is 5.17 Å². The van der Waals surface area contributed by atoms with Crippen LogP contribution in [0.25, 0.3) is 22.5 Å². The number of carbonyl (C=O) groups is 1. The number of benzene rings is 3. The van der Waals surface area contributed by atoms with Crippen LogP contribution in [0.2, 0.25) is 0 Å². The first-order valence-corrected chi connectivity index (χ1v) is 10.2. The first-order valence-electron chi connectivity index (χ1n) is 9.37. The van der Waals surface area contributed by atoms with Gasteiger partial charge in [0.25, 0.3) is 5.91 Å². The van der Waals surface area contributed by atoms with Gasteiger partial charge in [0, 0.05) is 17.6 Å². The second-order valence-electron chi connectivity index (χ2n) is 6.79. The molecule has 0 spiro atoms. The SMILES string of the molecule is O=C1NC(=Nc2ccc(F)cc2)S/C1=C\c1cccn1-c1ccc2ccccc2c1. The largest absolute Gasteiger partial charge is 0.317 e. The quantitative estimate of drug-likeness (QED) is 0.441. The van der Waals surface area contributed by atoms with E-state index in [1.807, 2.05) is 41.1 Å². The van der Waals surface area contributed by atoms with Crippen molar-refractivity contribution in [2.45, 2.75) is 0 Å². The Morgan fingerprint density at radius 3 is 2.57 bits per heavy atom. The average molecular weight is 413 g/mol. The lowest BCUT2D eigenvalue weighted by Gasteiger charge is -2.08. The fourth-order valence-electron chi connectivity index (χ4n) is 3.32. The van der Waals surface area contributed by atoms with E-state index in [9.17, 15) is 9.18 Å². The second kappa shape index (κ2) is 7.65. The third-order valence-electron chi connectivity index (χ3n) is 4.78. The Kier molecular flexibility index (Phi) is 4.69. The first-order chi connectivity index (χ1) is 14.7. The predicted octanol–water partition coefficient (Wildman–Crippen LogP) is 5.66. The number of nitrogens with one attached hydrogen (secondary N) is 1. The van der Waals surface area contributed by atoms with Gasteiger partial charge < -0.3 is 9.88 Å². The van der Waals surface area contributed by atoms with Gasteiger partial charge in [0.2, 0.25) is 0 Å². The van der Waals surface area contributed by atoms with E-state index < -0.39 is 0 Å². The zero-order valence-corrected chi connectivity index (χ0v) is 16.6. The summed E-state index contributed by atoms with van der Waals surface area (Å²) >= 11 is 1.27. The van der Waals surface area contributed by atoms with Crippen LogP contribution in [0.3, 0.4) is 0 Å². The highest BCUT2D eigenvalue weighted by Crippen LogP contribution is 2.29. The Balaban J connectivity index is 1.45. The molecule has 146 valence electrons. The maximum absolute atomic E-state index is 13.1. The molecule has 1 N–H and O–H groups in total. The molecule has 2 heterocycles. The van der Waals surface area contributed by atoms with E-state index in [2.05, 4.69) is 40.6 Å². The molecule has 6 heteroatoms. The minimum absolute atomic E-state index is 0.202. The molecule has 1 aromatic heterocycles. The number of amides is 1. The zero-order valence-electron chi connectivity index (χ0n) is 15.7. The molecule has 4 nitrogen and oxygen atoms in total. The molecule has 0 bridgehead atoms. The van der Waals surface area contributed by atoms with Crippen molar-refractivity contribution >= 4 is 45.4 Å². The van der Waals surface area contributed by atoms with Crippen molar-refractivity contribution in [3.63, 3.8) is 0 Å². The number of aromatic nitrogens is 1. The van der Waals surface area contributed by atoms with Crippen LogP contribution in [-0.2, 0) is 4.79 Å². The van der Waals surface area contributed by atoms with Gasteiger partial charge in [-0.15, -0.1) is 0 Å². The molecule has 0 atom stereocenters. The summed E-state index contributed by atoms with van der Waals surface area (Å²) in [5.74, 6) is -0.524. The molecule has 1 amide bonds. The predicted molar refractivity (Wildman–Crippen MR) is 120 cm³/mol. The number of hydrogen-bond acceptors (Lipinski definition) is 3. The van der Waals surface area contributed by atoms with Gasteiger partial charge in [0.1, 0.15) is 5.82 Å². The Morgan fingerprint density at radius 1 is 0.933 bits per heavy atom. The molecule has 5 rings (SSSR count). The van der Waals surface area contributed by atoms with Gasteiger partial charge in [-0.3, -0.25) is 4.79 Å². The highest BCUT2D eigenvalue weighted by Gasteiger charge is 2.24. The molecule has 0 saturated carbocycles. The van der Waals surface area contributed by atoms with E-state index in [-0.39, 0.29) is 11.7 Å². The summed E-state index contributed by atoms with van der Waals surface area (Å²) in [7, 11) is 0. The van der Waals surface area contributed by atoms with Gasteiger partial charge in [-0.1, -0.05) is 30.3 Å². The van der Waals surface area contributed by atoms with E-state index in [1.54, 1.807) is 12.1 Å². The van der Waals surface area contributed by atoms with Gasteiger partial charge in [0.05, 0.1) is 10.6 Å². The molecule has 4 aromatic rings. The van der Waals surface area contributed by atoms with Crippen molar-refractivity contribution in [1.82, 2.24) is 9.88 Å². The van der Waals surface area contributed by atoms with Crippen molar-refractivity contribution in [3.05, 3.63) is 101 Å². The van der Waals surface area contributed by atoms with Crippen LogP contribution >= 0.6 is 11.8 Å². The molecule has 1 aliphatic heterocycles. The Hall–Kier alpha value is -3.64. The Bertz CT molecular complexity index is 1320. The number of halogens is 1. The maximum atomic E-state index is 13.1. The third kappa shape index (κ3) is 3.65. The summed E-state index contributed by atoms with van der Waals surface area (Å²) in [5.41, 5.74) is 2.50. The molecule has 3 aromatic carbocycles. The van der Waals surface area contributed by atoms with Gasteiger partial charge in [-0.2, -0.15) is 0 Å². The number of rotatable bonds is 3. The molecule has 0 unspecified atom stereocenters. The molecule has 0 aliphatic carbocycles. The van der Waals surface area contributed by atoms with E-state index in [0.717, 1.165) is 16.8 Å². The minimum atomic E-state index is -0.322. The number of aliphatic imine (C=N–C) groups is 1. The smallest absolute Gasteiger partial charge is 0.264 e. The lowest BCUT2D eigenvalue weighted by molar-refractivity contribution is -0.115. The fourth-order valence-corrected chi connectivity index (χ4v) is 4.15. The first kappa shape index (κ1) is 18.4. The number of thioether (sulfide) groups is 1. The summed E-state index contributed by atoms with van der Waals surface area (Å²) in [5, 5.41) is 5.58. The summed E-state index contributed by atoms with van der Waals surface area (Å²) in [6, 6.07) is 24.2. The third-order valence-corrected chi connectivity index (χ3v) is 5.69. The molecule has 1 aliphatic rings. The topological polar surface area (TPSA) is 46.4 Å². The Labute approximate surface area is 176 Å². The average Bonchev–Trinajstić information content (AvgIpc) is 3.36. The van der Waals surface area contributed by atoms with E-state index >= 15 is 0 Å². The number of nitrogens with zero attached hydrogens (tertiary/aromatic N) is 2. The fraction of sp³-hybridized carbons (Fsp3) is 0. The zero-order chi connectivity index (χ0) is 20.5. The molecular weight excluding hydrogens is 397 g/mol. The summed E-state index contributed by atoms with van der Waals surface area (Å²) in [6.07, 6.45) is 3.82. The van der Waals surface area contributed by atoms with Crippen LogP contribution in [0.1, 0.15) is 5.69 Å². The minimum Gasteiger partial charge on any atom is -0.317 e. The number of fused-ring (bicyclic) bond motifs is 1. The molecular formula is C24H16FN3OS.